The van der Waals surface area contributed by atoms with E-state index in [1.807, 2.05) is 13.8 Å². The molecule has 5 heteroatoms. The zero-order valence-electron chi connectivity index (χ0n) is 9.25. The predicted molar refractivity (Wildman–Crippen MR) is 57.0 cm³/mol. The van der Waals surface area contributed by atoms with E-state index >= 15 is 0 Å². The van der Waals surface area contributed by atoms with E-state index in [1.54, 1.807) is 0 Å². The van der Waals surface area contributed by atoms with Gasteiger partial charge in [-0.15, -0.1) is 0 Å². The Hall–Kier alpha value is -1.10. The van der Waals surface area contributed by atoms with Crippen LogP contribution < -0.4 is 16.4 Å². The topological polar surface area (TPSA) is 84.2 Å². The fourth-order valence-electron chi connectivity index (χ4n) is 1.52. The van der Waals surface area contributed by atoms with Crippen LogP contribution in [0.1, 0.15) is 26.7 Å². The van der Waals surface area contributed by atoms with Crippen LogP contribution in [-0.2, 0) is 9.59 Å². The molecule has 2 amide bonds. The van der Waals surface area contributed by atoms with Crippen molar-refractivity contribution in [3.05, 3.63) is 0 Å². The lowest BCUT2D eigenvalue weighted by Crippen LogP contribution is -2.48. The molecule has 1 heterocycles. The highest BCUT2D eigenvalue weighted by Gasteiger charge is 2.26. The van der Waals surface area contributed by atoms with Gasteiger partial charge in [-0.2, -0.15) is 0 Å². The highest BCUT2D eigenvalue weighted by Crippen LogP contribution is 2.06. The van der Waals surface area contributed by atoms with E-state index in [2.05, 4.69) is 10.6 Å². The van der Waals surface area contributed by atoms with Crippen molar-refractivity contribution < 1.29 is 9.59 Å². The highest BCUT2D eigenvalue weighted by molar-refractivity contribution is 5.84. The van der Waals surface area contributed by atoms with Crippen molar-refractivity contribution in [2.45, 2.75) is 38.8 Å². The van der Waals surface area contributed by atoms with Crippen LogP contribution in [-0.4, -0.2) is 30.4 Å². The molecule has 1 aliphatic rings. The Morgan fingerprint density at radius 1 is 1.73 bits per heavy atom. The van der Waals surface area contributed by atoms with Crippen LogP contribution in [0.5, 0.6) is 0 Å². The summed E-state index contributed by atoms with van der Waals surface area (Å²) < 4.78 is 0. The number of rotatable bonds is 4. The molecule has 1 rings (SSSR count). The average molecular weight is 213 g/mol. The van der Waals surface area contributed by atoms with Crippen LogP contribution in [0.25, 0.3) is 0 Å². The van der Waals surface area contributed by atoms with Gasteiger partial charge in [-0.25, -0.2) is 0 Å². The first kappa shape index (κ1) is 12.0. The van der Waals surface area contributed by atoms with E-state index in [9.17, 15) is 9.59 Å². The van der Waals surface area contributed by atoms with E-state index in [1.165, 1.54) is 0 Å². The minimum Gasteiger partial charge on any atom is -0.354 e. The molecule has 1 aliphatic heterocycles. The minimum atomic E-state index is -0.481. The van der Waals surface area contributed by atoms with Gasteiger partial charge >= 0.3 is 0 Å². The molecule has 1 fully saturated rings. The maximum Gasteiger partial charge on any atom is 0.237 e. The van der Waals surface area contributed by atoms with Crippen molar-refractivity contribution in [2.75, 3.05) is 6.54 Å². The van der Waals surface area contributed by atoms with E-state index < -0.39 is 6.04 Å². The molecule has 5 nitrogen and oxygen atoms in total. The van der Waals surface area contributed by atoms with Crippen LogP contribution in [0.3, 0.4) is 0 Å². The van der Waals surface area contributed by atoms with E-state index in [0.717, 1.165) is 6.42 Å². The maximum absolute atomic E-state index is 11.6. The summed E-state index contributed by atoms with van der Waals surface area (Å²) in [6.07, 6.45) is 1.23. The molecule has 3 atom stereocenters. The average Bonchev–Trinajstić information content (AvgIpc) is 2.61. The quantitative estimate of drug-likeness (QED) is 0.581. The number of hydrogen-bond acceptors (Lipinski definition) is 3. The van der Waals surface area contributed by atoms with Gasteiger partial charge in [0, 0.05) is 13.0 Å². The smallest absolute Gasteiger partial charge is 0.237 e. The maximum atomic E-state index is 11.6. The zero-order chi connectivity index (χ0) is 11.4. The largest absolute Gasteiger partial charge is 0.354 e. The molecule has 86 valence electrons. The Morgan fingerprint density at radius 2 is 2.40 bits per heavy atom. The summed E-state index contributed by atoms with van der Waals surface area (Å²) >= 11 is 0. The molecule has 0 aromatic rings. The van der Waals surface area contributed by atoms with E-state index in [4.69, 9.17) is 5.73 Å². The van der Waals surface area contributed by atoms with Crippen LogP contribution in [0.15, 0.2) is 0 Å². The van der Waals surface area contributed by atoms with Crippen LogP contribution in [0, 0.1) is 5.92 Å². The number of hydrogen-bond donors (Lipinski definition) is 3. The Balaban J connectivity index is 2.38. The molecule has 4 N–H and O–H groups in total. The first-order valence-corrected chi connectivity index (χ1v) is 5.37. The molecule has 0 spiro atoms. The second-order valence-electron chi connectivity index (χ2n) is 4.13. The van der Waals surface area contributed by atoms with E-state index in [0.29, 0.717) is 13.0 Å². The standard InChI is InChI=1S/C10H19N3O2/c1-3-6(2)9(11)10(15)13-7-4-8(14)12-5-7/h6-7,9H,3-5,11H2,1-2H3,(H,12,14)(H,13,15)/t6?,7?,9-/m0/s1. The van der Waals surface area contributed by atoms with Crippen LogP contribution in [0.2, 0.25) is 0 Å². The highest BCUT2D eigenvalue weighted by atomic mass is 16.2. The molecule has 1 saturated heterocycles. The molecule has 0 radical (unpaired) electrons. The summed E-state index contributed by atoms with van der Waals surface area (Å²) in [4.78, 5) is 22.5. The van der Waals surface area contributed by atoms with E-state index in [-0.39, 0.29) is 23.8 Å². The first-order valence-electron chi connectivity index (χ1n) is 5.37. The molecule has 0 aromatic heterocycles. The van der Waals surface area contributed by atoms with Gasteiger partial charge in [0.05, 0.1) is 12.1 Å². The molecule has 2 unspecified atom stereocenters. The number of nitrogens with two attached hydrogens (primary N) is 1. The first-order chi connectivity index (χ1) is 7.04. The lowest BCUT2D eigenvalue weighted by molar-refractivity contribution is -0.124. The third-order valence-corrected chi connectivity index (χ3v) is 2.88. The second kappa shape index (κ2) is 5.11. The van der Waals surface area contributed by atoms with Gasteiger partial charge < -0.3 is 16.4 Å². The molecule has 15 heavy (non-hydrogen) atoms. The van der Waals surface area contributed by atoms with Gasteiger partial charge in [-0.05, 0) is 5.92 Å². The third-order valence-electron chi connectivity index (χ3n) is 2.88. The SMILES string of the molecule is CCC(C)[C@H](N)C(=O)NC1CNC(=O)C1. The number of nitrogens with one attached hydrogen (secondary N) is 2. The lowest BCUT2D eigenvalue weighted by atomic mass is 9.99. The van der Waals surface area contributed by atoms with Crippen molar-refractivity contribution in [1.29, 1.82) is 0 Å². The molecule has 0 bridgehead atoms. The summed E-state index contributed by atoms with van der Waals surface area (Å²) in [6.45, 7) is 4.46. The summed E-state index contributed by atoms with van der Waals surface area (Å²) in [6, 6.07) is -0.578. The van der Waals surface area contributed by atoms with Crippen molar-refractivity contribution in [1.82, 2.24) is 10.6 Å². The summed E-state index contributed by atoms with van der Waals surface area (Å²) in [5.41, 5.74) is 5.77. The zero-order valence-corrected chi connectivity index (χ0v) is 9.25. The van der Waals surface area contributed by atoms with Gasteiger partial charge in [0.15, 0.2) is 0 Å². The molecular formula is C10H19N3O2. The Kier molecular flexibility index (Phi) is 4.08. The van der Waals surface area contributed by atoms with Crippen LogP contribution >= 0.6 is 0 Å². The number of carbonyl (C=O) groups is 2. The minimum absolute atomic E-state index is 0.0163. The summed E-state index contributed by atoms with van der Waals surface area (Å²) in [5.74, 6) is -0.0154. The Morgan fingerprint density at radius 3 is 2.87 bits per heavy atom. The van der Waals surface area contributed by atoms with Crippen molar-refractivity contribution in [3.63, 3.8) is 0 Å². The molecule has 0 aromatic carbocycles. The molecule has 0 saturated carbocycles. The number of amides is 2. The van der Waals surface area contributed by atoms with Crippen molar-refractivity contribution >= 4 is 11.8 Å². The Bertz CT molecular complexity index is 255. The van der Waals surface area contributed by atoms with Gasteiger partial charge in [-0.1, -0.05) is 20.3 Å². The Labute approximate surface area is 89.8 Å². The van der Waals surface area contributed by atoms with Gasteiger partial charge in [0.25, 0.3) is 0 Å². The fourth-order valence-corrected chi connectivity index (χ4v) is 1.52. The monoisotopic (exact) mass is 213 g/mol. The van der Waals surface area contributed by atoms with Gasteiger partial charge in [-0.3, -0.25) is 9.59 Å². The number of carbonyl (C=O) groups excluding carboxylic acids is 2. The second-order valence-corrected chi connectivity index (χ2v) is 4.13. The fraction of sp³-hybridized carbons (Fsp3) is 0.800. The van der Waals surface area contributed by atoms with Gasteiger partial charge in [0.2, 0.25) is 11.8 Å². The molecular weight excluding hydrogens is 194 g/mol. The summed E-state index contributed by atoms with van der Waals surface area (Å²) in [5, 5.41) is 5.44. The third kappa shape index (κ3) is 3.20. The molecule has 0 aliphatic carbocycles. The van der Waals surface area contributed by atoms with Crippen LogP contribution in [0.4, 0.5) is 0 Å². The normalized spacial score (nSPS) is 24.5. The van der Waals surface area contributed by atoms with Crippen molar-refractivity contribution in [2.24, 2.45) is 11.7 Å². The van der Waals surface area contributed by atoms with Gasteiger partial charge in [0.1, 0.15) is 0 Å². The van der Waals surface area contributed by atoms with Crippen molar-refractivity contribution in [3.8, 4) is 0 Å². The predicted octanol–water partition coefficient (Wildman–Crippen LogP) is -0.635. The summed E-state index contributed by atoms with van der Waals surface area (Å²) in [7, 11) is 0. The lowest BCUT2D eigenvalue weighted by Gasteiger charge is -2.19.